The Balaban J connectivity index is 1.73. The Labute approximate surface area is 183 Å². The first-order valence-corrected chi connectivity index (χ1v) is 10.1. The predicted molar refractivity (Wildman–Crippen MR) is 124 cm³/mol. The molecule has 0 aliphatic carbocycles. The number of rotatable bonds is 4. The van der Waals surface area contributed by atoms with Gasteiger partial charge in [-0.3, -0.25) is 9.36 Å². The summed E-state index contributed by atoms with van der Waals surface area (Å²) in [5.41, 5.74) is 3.92. The van der Waals surface area contributed by atoms with E-state index in [1.54, 1.807) is 17.0 Å². The molecule has 5 aromatic rings. The first-order chi connectivity index (χ1) is 15.6. The average molecular weight is 421 g/mol. The van der Waals surface area contributed by atoms with Gasteiger partial charge in [-0.25, -0.2) is 19.9 Å². The molecule has 0 fully saturated rings. The van der Waals surface area contributed by atoms with Crippen molar-refractivity contribution in [2.24, 2.45) is 0 Å². The molecular formula is C24H19N7O. The highest BCUT2D eigenvalue weighted by Crippen LogP contribution is 2.24. The molecule has 0 bridgehead atoms. The number of nitrogens with one attached hydrogen (secondary N) is 2. The first kappa shape index (κ1) is 19.5. The summed E-state index contributed by atoms with van der Waals surface area (Å²) in [5, 5.41) is 3.92. The molecule has 0 aliphatic heterocycles. The molecule has 3 heterocycles. The Morgan fingerprint density at radius 3 is 2.84 bits per heavy atom. The molecule has 5 rings (SSSR count). The van der Waals surface area contributed by atoms with Gasteiger partial charge in [-0.1, -0.05) is 24.1 Å². The fourth-order valence-corrected chi connectivity index (χ4v) is 3.83. The standard InChI is InChI=1S/C24H19N7O/c1-4-16-8-6-9-17(11-16)31-23(30-18-10-5-7-14(2)19(18)24(31)32)15(3)29-22-20-21(26-12-25-20)27-13-28-22/h1,5-13,15H,2-3H3,(H2,25,26,27,28,29). The van der Waals surface area contributed by atoms with Crippen LogP contribution in [-0.4, -0.2) is 29.5 Å². The Kier molecular flexibility index (Phi) is 4.64. The van der Waals surface area contributed by atoms with Crippen LogP contribution in [0, 0.1) is 19.3 Å². The van der Waals surface area contributed by atoms with Gasteiger partial charge in [0.05, 0.1) is 29.0 Å². The molecule has 0 radical (unpaired) electrons. The number of nitrogens with zero attached hydrogens (tertiary/aromatic N) is 5. The summed E-state index contributed by atoms with van der Waals surface area (Å²) < 4.78 is 1.61. The van der Waals surface area contributed by atoms with Crippen molar-refractivity contribution >= 4 is 27.9 Å². The number of hydrogen-bond donors (Lipinski definition) is 2. The van der Waals surface area contributed by atoms with E-state index in [1.807, 2.05) is 50.2 Å². The molecule has 0 spiro atoms. The SMILES string of the molecule is C#Cc1cccc(-n2c(C(C)Nc3ncnc4nc[nH]c34)nc3cccc(C)c3c2=O)c1. The van der Waals surface area contributed by atoms with E-state index >= 15 is 0 Å². The summed E-state index contributed by atoms with van der Waals surface area (Å²) in [7, 11) is 0. The van der Waals surface area contributed by atoms with E-state index in [1.165, 1.54) is 6.33 Å². The van der Waals surface area contributed by atoms with Gasteiger partial charge in [-0.05, 0) is 43.7 Å². The number of terminal acetylenes is 1. The monoisotopic (exact) mass is 421 g/mol. The Morgan fingerprint density at radius 1 is 1.16 bits per heavy atom. The van der Waals surface area contributed by atoms with Crippen LogP contribution in [0.25, 0.3) is 27.8 Å². The molecule has 0 aliphatic rings. The fourth-order valence-electron chi connectivity index (χ4n) is 3.83. The molecule has 0 saturated carbocycles. The van der Waals surface area contributed by atoms with Crippen LogP contribution in [0.4, 0.5) is 5.82 Å². The number of benzene rings is 2. The summed E-state index contributed by atoms with van der Waals surface area (Å²) >= 11 is 0. The lowest BCUT2D eigenvalue weighted by Crippen LogP contribution is -2.28. The van der Waals surface area contributed by atoms with Gasteiger partial charge in [-0.2, -0.15) is 0 Å². The van der Waals surface area contributed by atoms with Crippen molar-refractivity contribution < 1.29 is 0 Å². The number of fused-ring (bicyclic) bond motifs is 2. The molecular weight excluding hydrogens is 402 g/mol. The third-order valence-electron chi connectivity index (χ3n) is 5.37. The molecule has 8 heteroatoms. The third kappa shape index (κ3) is 3.17. The third-order valence-corrected chi connectivity index (χ3v) is 5.37. The van der Waals surface area contributed by atoms with Gasteiger partial charge in [0.15, 0.2) is 11.5 Å². The number of imidazole rings is 1. The second kappa shape index (κ2) is 7.63. The van der Waals surface area contributed by atoms with Crippen LogP contribution in [0.5, 0.6) is 0 Å². The van der Waals surface area contributed by atoms with Gasteiger partial charge in [0.25, 0.3) is 5.56 Å². The van der Waals surface area contributed by atoms with Crippen LogP contribution in [0.15, 0.2) is 59.9 Å². The van der Waals surface area contributed by atoms with Crippen molar-refractivity contribution in [3.05, 3.63) is 82.4 Å². The largest absolute Gasteiger partial charge is 0.358 e. The smallest absolute Gasteiger partial charge is 0.266 e. The predicted octanol–water partition coefficient (Wildman–Crippen LogP) is 3.51. The molecule has 2 aromatic carbocycles. The zero-order valence-corrected chi connectivity index (χ0v) is 17.5. The molecule has 2 N–H and O–H groups in total. The van der Waals surface area contributed by atoms with Crippen molar-refractivity contribution in [3.63, 3.8) is 0 Å². The van der Waals surface area contributed by atoms with E-state index < -0.39 is 0 Å². The Hall–Kier alpha value is -4.51. The minimum atomic E-state index is -0.372. The quantitative estimate of drug-likeness (QED) is 0.431. The van der Waals surface area contributed by atoms with Gasteiger partial charge in [0.1, 0.15) is 17.7 Å². The van der Waals surface area contributed by atoms with Crippen molar-refractivity contribution in [3.8, 4) is 18.0 Å². The van der Waals surface area contributed by atoms with Crippen molar-refractivity contribution in [1.82, 2.24) is 29.5 Å². The van der Waals surface area contributed by atoms with Crippen LogP contribution in [-0.2, 0) is 0 Å². The van der Waals surface area contributed by atoms with Crippen molar-refractivity contribution in [1.29, 1.82) is 0 Å². The van der Waals surface area contributed by atoms with Gasteiger partial charge in [0.2, 0.25) is 0 Å². The zero-order chi connectivity index (χ0) is 22.2. The lowest BCUT2D eigenvalue weighted by atomic mass is 10.1. The second-order valence-corrected chi connectivity index (χ2v) is 7.46. The van der Waals surface area contributed by atoms with E-state index in [4.69, 9.17) is 11.4 Å². The van der Waals surface area contributed by atoms with Gasteiger partial charge < -0.3 is 10.3 Å². The van der Waals surface area contributed by atoms with Crippen LogP contribution in [0.1, 0.15) is 29.9 Å². The lowest BCUT2D eigenvalue weighted by molar-refractivity contribution is 0.731. The average Bonchev–Trinajstić information content (AvgIpc) is 3.29. The Morgan fingerprint density at radius 2 is 2.00 bits per heavy atom. The maximum absolute atomic E-state index is 13.7. The van der Waals surface area contributed by atoms with Gasteiger partial charge >= 0.3 is 0 Å². The number of hydrogen-bond acceptors (Lipinski definition) is 6. The molecule has 0 saturated heterocycles. The normalized spacial score (nSPS) is 12.0. The summed E-state index contributed by atoms with van der Waals surface area (Å²) in [4.78, 5) is 34.3. The van der Waals surface area contributed by atoms with Crippen molar-refractivity contribution in [2.45, 2.75) is 19.9 Å². The van der Waals surface area contributed by atoms with Crippen molar-refractivity contribution in [2.75, 3.05) is 5.32 Å². The van der Waals surface area contributed by atoms with Crippen LogP contribution >= 0.6 is 0 Å². The van der Waals surface area contributed by atoms with E-state index in [0.29, 0.717) is 45.0 Å². The highest BCUT2D eigenvalue weighted by molar-refractivity contribution is 5.83. The topological polar surface area (TPSA) is 101 Å². The second-order valence-electron chi connectivity index (χ2n) is 7.46. The van der Waals surface area contributed by atoms with E-state index in [9.17, 15) is 4.79 Å². The highest BCUT2D eigenvalue weighted by Gasteiger charge is 2.20. The molecule has 32 heavy (non-hydrogen) atoms. The van der Waals surface area contributed by atoms with Crippen LogP contribution in [0.3, 0.4) is 0 Å². The van der Waals surface area contributed by atoms with Crippen LogP contribution < -0.4 is 10.9 Å². The summed E-state index contributed by atoms with van der Waals surface area (Å²) in [6.07, 6.45) is 8.61. The van der Waals surface area contributed by atoms with E-state index in [0.717, 1.165) is 5.56 Å². The first-order valence-electron chi connectivity index (χ1n) is 10.1. The number of aromatic nitrogens is 6. The maximum atomic E-state index is 13.7. The zero-order valence-electron chi connectivity index (χ0n) is 17.5. The highest BCUT2D eigenvalue weighted by atomic mass is 16.1. The number of aromatic amines is 1. The minimum absolute atomic E-state index is 0.153. The van der Waals surface area contributed by atoms with Gasteiger partial charge in [0, 0.05) is 5.56 Å². The summed E-state index contributed by atoms with van der Waals surface area (Å²) in [6, 6.07) is 12.6. The minimum Gasteiger partial charge on any atom is -0.358 e. The molecule has 0 amide bonds. The van der Waals surface area contributed by atoms with E-state index in [2.05, 4.69) is 31.2 Å². The number of anilines is 1. The molecule has 1 atom stereocenters. The molecule has 156 valence electrons. The van der Waals surface area contributed by atoms with Gasteiger partial charge in [-0.15, -0.1) is 6.42 Å². The Bertz CT molecular complexity index is 1580. The molecule has 8 nitrogen and oxygen atoms in total. The van der Waals surface area contributed by atoms with Crippen LogP contribution in [0.2, 0.25) is 0 Å². The number of aryl methyl sites for hydroxylation is 1. The fraction of sp³-hybridized carbons (Fsp3) is 0.125. The van der Waals surface area contributed by atoms with E-state index in [-0.39, 0.29) is 11.6 Å². The summed E-state index contributed by atoms with van der Waals surface area (Å²) in [5.74, 6) is 3.74. The number of H-pyrrole nitrogens is 1. The lowest BCUT2D eigenvalue weighted by Gasteiger charge is -2.20. The summed E-state index contributed by atoms with van der Waals surface area (Å²) in [6.45, 7) is 3.83. The molecule has 1 unspecified atom stereocenters. The maximum Gasteiger partial charge on any atom is 0.266 e. The molecule has 3 aromatic heterocycles.